The van der Waals surface area contributed by atoms with Crippen molar-refractivity contribution in [2.45, 2.75) is 26.7 Å². The van der Waals surface area contributed by atoms with E-state index in [1.807, 2.05) is 0 Å². The van der Waals surface area contributed by atoms with Crippen molar-refractivity contribution in [3.8, 4) is 5.75 Å². The second-order valence-corrected chi connectivity index (χ2v) is 4.00. The number of hydrogen-bond acceptors (Lipinski definition) is 3. The lowest BCUT2D eigenvalue weighted by Crippen LogP contribution is -2.30. The molecule has 0 saturated carbocycles. The molecule has 96 valence electrons. The molecular weight excluding hydrogens is 219 g/mol. The van der Waals surface area contributed by atoms with E-state index in [2.05, 4.69) is 23.7 Å². The number of pyridine rings is 1. The standard InChI is InChI=1S/C13H21FN2O/c1-3-7-16(8-4-2)9-10-17-13-11-15-6-5-12(13)14/h5-6,11H,3-4,7-10H2,1-2H3. The molecule has 0 aliphatic heterocycles. The van der Waals surface area contributed by atoms with Crippen molar-refractivity contribution in [3.63, 3.8) is 0 Å². The van der Waals surface area contributed by atoms with Crippen LogP contribution in [0.4, 0.5) is 4.39 Å². The van der Waals surface area contributed by atoms with E-state index in [0.29, 0.717) is 6.61 Å². The molecule has 0 aliphatic carbocycles. The predicted molar refractivity (Wildman–Crippen MR) is 66.7 cm³/mol. The molecule has 0 aliphatic rings. The van der Waals surface area contributed by atoms with E-state index in [1.54, 1.807) is 0 Å². The number of rotatable bonds is 8. The van der Waals surface area contributed by atoms with Gasteiger partial charge in [0.1, 0.15) is 6.61 Å². The van der Waals surface area contributed by atoms with Gasteiger partial charge in [-0.25, -0.2) is 4.39 Å². The first-order chi connectivity index (χ1) is 8.27. The van der Waals surface area contributed by atoms with Crippen molar-refractivity contribution in [2.75, 3.05) is 26.2 Å². The maximum atomic E-state index is 13.2. The van der Waals surface area contributed by atoms with Crippen LogP contribution in [0.25, 0.3) is 0 Å². The Morgan fingerprint density at radius 3 is 2.53 bits per heavy atom. The molecule has 0 atom stereocenters. The first kappa shape index (κ1) is 13.9. The molecule has 0 spiro atoms. The highest BCUT2D eigenvalue weighted by atomic mass is 19.1. The van der Waals surface area contributed by atoms with E-state index in [1.165, 1.54) is 18.5 Å². The van der Waals surface area contributed by atoms with Crippen molar-refractivity contribution in [1.29, 1.82) is 0 Å². The van der Waals surface area contributed by atoms with Crippen molar-refractivity contribution >= 4 is 0 Å². The lowest BCUT2D eigenvalue weighted by Gasteiger charge is -2.20. The zero-order valence-corrected chi connectivity index (χ0v) is 10.7. The van der Waals surface area contributed by atoms with Crippen LogP contribution < -0.4 is 4.74 Å². The second-order valence-electron chi connectivity index (χ2n) is 4.00. The second kappa shape index (κ2) is 8.01. The zero-order chi connectivity index (χ0) is 12.5. The minimum Gasteiger partial charge on any atom is -0.488 e. The Labute approximate surface area is 103 Å². The van der Waals surface area contributed by atoms with Crippen LogP contribution in [-0.4, -0.2) is 36.1 Å². The molecule has 3 nitrogen and oxygen atoms in total. The lowest BCUT2D eigenvalue weighted by atomic mass is 10.3. The quantitative estimate of drug-likeness (QED) is 0.698. The summed E-state index contributed by atoms with van der Waals surface area (Å²) in [6.45, 7) is 7.77. The monoisotopic (exact) mass is 240 g/mol. The maximum absolute atomic E-state index is 13.2. The minimum absolute atomic E-state index is 0.237. The fourth-order valence-electron chi connectivity index (χ4n) is 1.72. The van der Waals surface area contributed by atoms with Crippen LogP contribution >= 0.6 is 0 Å². The van der Waals surface area contributed by atoms with E-state index in [4.69, 9.17) is 4.74 Å². The Bertz CT molecular complexity index is 314. The largest absolute Gasteiger partial charge is 0.488 e. The Balaban J connectivity index is 2.33. The van der Waals surface area contributed by atoms with Crippen LogP contribution in [0, 0.1) is 5.82 Å². The van der Waals surface area contributed by atoms with Gasteiger partial charge in [-0.2, -0.15) is 0 Å². The average Bonchev–Trinajstić information content (AvgIpc) is 2.32. The Morgan fingerprint density at radius 2 is 1.94 bits per heavy atom. The normalized spacial score (nSPS) is 10.8. The third-order valence-corrected chi connectivity index (χ3v) is 2.48. The highest BCUT2D eigenvalue weighted by Gasteiger charge is 2.05. The lowest BCUT2D eigenvalue weighted by molar-refractivity contribution is 0.204. The summed E-state index contributed by atoms with van der Waals surface area (Å²) in [5, 5.41) is 0. The molecule has 1 aromatic rings. The van der Waals surface area contributed by atoms with Crippen molar-refractivity contribution < 1.29 is 9.13 Å². The molecule has 0 unspecified atom stereocenters. The highest BCUT2D eigenvalue weighted by Crippen LogP contribution is 2.13. The summed E-state index contributed by atoms with van der Waals surface area (Å²) in [6, 6.07) is 1.31. The molecule has 0 aromatic carbocycles. The summed E-state index contributed by atoms with van der Waals surface area (Å²) in [6.07, 6.45) is 5.09. The molecule has 0 fully saturated rings. The van der Waals surface area contributed by atoms with E-state index >= 15 is 0 Å². The molecule has 0 bridgehead atoms. The topological polar surface area (TPSA) is 25.4 Å². The fraction of sp³-hybridized carbons (Fsp3) is 0.615. The van der Waals surface area contributed by atoms with Crippen LogP contribution in [0.1, 0.15) is 26.7 Å². The molecule has 0 saturated heterocycles. The average molecular weight is 240 g/mol. The molecule has 0 amide bonds. The summed E-state index contributed by atoms with van der Waals surface area (Å²) < 4.78 is 18.6. The van der Waals surface area contributed by atoms with Gasteiger partial charge in [-0.15, -0.1) is 0 Å². The van der Waals surface area contributed by atoms with Gasteiger partial charge in [0.15, 0.2) is 11.6 Å². The predicted octanol–water partition coefficient (Wildman–Crippen LogP) is 2.72. The smallest absolute Gasteiger partial charge is 0.173 e. The van der Waals surface area contributed by atoms with Crippen molar-refractivity contribution in [1.82, 2.24) is 9.88 Å². The van der Waals surface area contributed by atoms with Gasteiger partial charge in [0.2, 0.25) is 0 Å². The van der Waals surface area contributed by atoms with Crippen LogP contribution in [0.3, 0.4) is 0 Å². The van der Waals surface area contributed by atoms with Gasteiger partial charge in [-0.1, -0.05) is 13.8 Å². The van der Waals surface area contributed by atoms with Crippen LogP contribution in [-0.2, 0) is 0 Å². The van der Waals surface area contributed by atoms with Crippen LogP contribution in [0.15, 0.2) is 18.5 Å². The zero-order valence-electron chi connectivity index (χ0n) is 10.7. The molecular formula is C13H21FN2O. The molecule has 1 rings (SSSR count). The van der Waals surface area contributed by atoms with Crippen LogP contribution in [0.2, 0.25) is 0 Å². The molecule has 4 heteroatoms. The number of hydrogen-bond donors (Lipinski definition) is 0. The molecule has 1 heterocycles. The van der Waals surface area contributed by atoms with Gasteiger partial charge >= 0.3 is 0 Å². The summed E-state index contributed by atoms with van der Waals surface area (Å²) in [5.41, 5.74) is 0. The minimum atomic E-state index is -0.350. The van der Waals surface area contributed by atoms with Gasteiger partial charge in [-0.3, -0.25) is 9.88 Å². The van der Waals surface area contributed by atoms with Gasteiger partial charge in [0, 0.05) is 12.7 Å². The van der Waals surface area contributed by atoms with E-state index < -0.39 is 0 Å². The SMILES string of the molecule is CCCN(CCC)CCOc1cnccc1F. The highest BCUT2D eigenvalue weighted by molar-refractivity contribution is 5.18. The Morgan fingerprint density at radius 1 is 1.24 bits per heavy atom. The van der Waals surface area contributed by atoms with Gasteiger partial charge in [-0.05, 0) is 32.0 Å². The number of ether oxygens (including phenoxy) is 1. The molecule has 1 aromatic heterocycles. The van der Waals surface area contributed by atoms with Crippen molar-refractivity contribution in [3.05, 3.63) is 24.3 Å². The number of halogens is 1. The van der Waals surface area contributed by atoms with Gasteiger partial charge in [0.05, 0.1) is 6.20 Å². The summed E-state index contributed by atoms with van der Waals surface area (Å²) in [4.78, 5) is 6.16. The summed E-state index contributed by atoms with van der Waals surface area (Å²) in [5.74, 6) is -0.113. The van der Waals surface area contributed by atoms with Crippen molar-refractivity contribution in [2.24, 2.45) is 0 Å². The Hall–Kier alpha value is -1.16. The fourth-order valence-corrected chi connectivity index (χ4v) is 1.72. The first-order valence-electron chi connectivity index (χ1n) is 6.22. The van der Waals surface area contributed by atoms with Crippen LogP contribution in [0.5, 0.6) is 5.75 Å². The third kappa shape index (κ3) is 5.13. The van der Waals surface area contributed by atoms with E-state index in [9.17, 15) is 4.39 Å². The molecule has 17 heavy (non-hydrogen) atoms. The summed E-state index contributed by atoms with van der Waals surface area (Å²) in [7, 11) is 0. The maximum Gasteiger partial charge on any atom is 0.173 e. The summed E-state index contributed by atoms with van der Waals surface area (Å²) >= 11 is 0. The van der Waals surface area contributed by atoms with Gasteiger partial charge in [0.25, 0.3) is 0 Å². The van der Waals surface area contributed by atoms with E-state index in [0.717, 1.165) is 32.5 Å². The Kier molecular flexibility index (Phi) is 6.55. The molecule has 0 radical (unpaired) electrons. The van der Waals surface area contributed by atoms with E-state index in [-0.39, 0.29) is 11.6 Å². The number of nitrogens with zero attached hydrogens (tertiary/aromatic N) is 2. The first-order valence-corrected chi connectivity index (χ1v) is 6.22. The number of aromatic nitrogens is 1. The van der Waals surface area contributed by atoms with Gasteiger partial charge < -0.3 is 4.74 Å². The third-order valence-electron chi connectivity index (χ3n) is 2.48. The molecule has 0 N–H and O–H groups in total.